The fraction of sp³-hybridized carbons (Fsp3) is 0.682. The van der Waals surface area contributed by atoms with Gasteiger partial charge in [-0.05, 0) is 51.3 Å². The van der Waals surface area contributed by atoms with Crippen molar-refractivity contribution in [3.63, 3.8) is 0 Å². The normalized spacial score (nSPS) is 18.8. The molecule has 5 nitrogen and oxygen atoms in total. The number of carbonyl (C=O) groups excluding carboxylic acids is 1. The van der Waals surface area contributed by atoms with Crippen LogP contribution < -0.4 is 4.90 Å². The van der Waals surface area contributed by atoms with Gasteiger partial charge >= 0.3 is 6.09 Å². The summed E-state index contributed by atoms with van der Waals surface area (Å²) in [6.45, 7) is 9.61. The van der Waals surface area contributed by atoms with Crippen LogP contribution in [0.3, 0.4) is 0 Å². The second kappa shape index (κ2) is 9.49. The summed E-state index contributed by atoms with van der Waals surface area (Å²) in [5.41, 5.74) is 1.86. The molecule has 1 aliphatic carbocycles. The first-order chi connectivity index (χ1) is 13.3. The summed E-state index contributed by atoms with van der Waals surface area (Å²) in [7, 11) is 0. The molecule has 0 unspecified atom stereocenters. The van der Waals surface area contributed by atoms with Gasteiger partial charge in [-0.15, -0.1) is 0 Å². The third-order valence-corrected chi connectivity index (χ3v) is 5.88. The maximum atomic E-state index is 13.1. The zero-order valence-corrected chi connectivity index (χ0v) is 19.0. The van der Waals surface area contributed by atoms with Crippen molar-refractivity contribution in [3.05, 3.63) is 28.2 Å². The molecule has 0 radical (unpaired) electrons. The average Bonchev–Trinajstić information content (AvgIpc) is 2.67. The van der Waals surface area contributed by atoms with E-state index in [1.165, 1.54) is 30.5 Å². The Morgan fingerprint density at radius 3 is 2.54 bits per heavy atom. The lowest BCUT2D eigenvalue weighted by molar-refractivity contribution is 0.00989. The standard InChI is InChI=1S/C22H33BrN2O3/c1-22(2,3)28-21(26)25(19-7-5-4-6-8-19)16-17-9-10-18(23)15-20(17)24-11-13-27-14-12-24/h9-10,15,19H,4-8,11-14,16H2,1-3H3. The second-order valence-corrected chi connectivity index (χ2v) is 9.69. The van der Waals surface area contributed by atoms with Crippen molar-refractivity contribution in [1.29, 1.82) is 0 Å². The summed E-state index contributed by atoms with van der Waals surface area (Å²) >= 11 is 3.61. The summed E-state index contributed by atoms with van der Waals surface area (Å²) in [6, 6.07) is 6.61. The molecule has 3 rings (SSSR count). The van der Waals surface area contributed by atoms with Crippen LogP contribution in [0.5, 0.6) is 0 Å². The van der Waals surface area contributed by atoms with Gasteiger partial charge in [0, 0.05) is 29.3 Å². The van der Waals surface area contributed by atoms with Crippen LogP contribution >= 0.6 is 15.9 Å². The van der Waals surface area contributed by atoms with Crippen molar-refractivity contribution < 1.29 is 14.3 Å². The third kappa shape index (κ3) is 5.86. The molecule has 1 saturated carbocycles. The van der Waals surface area contributed by atoms with E-state index in [9.17, 15) is 4.79 Å². The van der Waals surface area contributed by atoms with E-state index in [0.29, 0.717) is 6.54 Å². The van der Waals surface area contributed by atoms with Crippen molar-refractivity contribution in [1.82, 2.24) is 4.90 Å². The van der Waals surface area contributed by atoms with Crippen LogP contribution in [0.1, 0.15) is 58.4 Å². The zero-order valence-electron chi connectivity index (χ0n) is 17.4. The quantitative estimate of drug-likeness (QED) is 0.616. The Morgan fingerprint density at radius 1 is 1.21 bits per heavy atom. The Labute approximate surface area is 177 Å². The summed E-state index contributed by atoms with van der Waals surface area (Å²) in [5, 5.41) is 0. The van der Waals surface area contributed by atoms with Crippen molar-refractivity contribution in [2.24, 2.45) is 0 Å². The Morgan fingerprint density at radius 2 is 1.89 bits per heavy atom. The lowest BCUT2D eigenvalue weighted by Gasteiger charge is -2.37. The molecule has 2 aliphatic rings. The van der Waals surface area contributed by atoms with Gasteiger partial charge in [-0.3, -0.25) is 0 Å². The van der Waals surface area contributed by atoms with E-state index in [0.717, 1.165) is 43.6 Å². The molecule has 1 aromatic carbocycles. The van der Waals surface area contributed by atoms with E-state index in [1.807, 2.05) is 25.7 Å². The van der Waals surface area contributed by atoms with Crippen LogP contribution in [-0.2, 0) is 16.0 Å². The molecule has 1 aromatic rings. The Hall–Kier alpha value is -1.27. The van der Waals surface area contributed by atoms with Crippen molar-refractivity contribution >= 4 is 27.7 Å². The Bertz CT molecular complexity index is 662. The highest BCUT2D eigenvalue weighted by molar-refractivity contribution is 9.10. The highest BCUT2D eigenvalue weighted by Gasteiger charge is 2.30. The number of hydrogen-bond acceptors (Lipinski definition) is 4. The smallest absolute Gasteiger partial charge is 0.410 e. The van der Waals surface area contributed by atoms with Crippen LogP contribution in [0, 0.1) is 0 Å². The molecule has 156 valence electrons. The first-order valence-corrected chi connectivity index (χ1v) is 11.2. The average molecular weight is 453 g/mol. The molecule has 28 heavy (non-hydrogen) atoms. The molecule has 1 saturated heterocycles. The number of carbonyl (C=O) groups is 1. The second-order valence-electron chi connectivity index (χ2n) is 8.77. The highest BCUT2D eigenvalue weighted by Crippen LogP contribution is 2.31. The number of halogens is 1. The van der Waals surface area contributed by atoms with E-state index >= 15 is 0 Å². The van der Waals surface area contributed by atoms with Gasteiger partial charge in [0.15, 0.2) is 0 Å². The highest BCUT2D eigenvalue weighted by atomic mass is 79.9. The van der Waals surface area contributed by atoms with Gasteiger partial charge in [0.25, 0.3) is 0 Å². The SMILES string of the molecule is CC(C)(C)OC(=O)N(Cc1ccc(Br)cc1N1CCOCC1)C1CCCCC1. The minimum Gasteiger partial charge on any atom is -0.444 e. The van der Waals surface area contributed by atoms with Crippen molar-refractivity contribution in [3.8, 4) is 0 Å². The largest absolute Gasteiger partial charge is 0.444 e. The maximum Gasteiger partial charge on any atom is 0.410 e. The minimum absolute atomic E-state index is 0.199. The maximum absolute atomic E-state index is 13.1. The number of nitrogens with zero attached hydrogens (tertiary/aromatic N) is 2. The summed E-state index contributed by atoms with van der Waals surface area (Å²) < 4.78 is 12.4. The first kappa shape index (κ1) is 21.4. The van der Waals surface area contributed by atoms with Gasteiger partial charge in [-0.2, -0.15) is 0 Å². The number of amides is 1. The van der Waals surface area contributed by atoms with E-state index in [2.05, 4.69) is 39.0 Å². The van der Waals surface area contributed by atoms with Gasteiger partial charge < -0.3 is 19.3 Å². The van der Waals surface area contributed by atoms with E-state index < -0.39 is 5.60 Å². The number of benzene rings is 1. The van der Waals surface area contributed by atoms with E-state index in [4.69, 9.17) is 9.47 Å². The molecule has 0 spiro atoms. The summed E-state index contributed by atoms with van der Waals surface area (Å²) in [5.74, 6) is 0. The van der Waals surface area contributed by atoms with Gasteiger partial charge in [0.1, 0.15) is 5.60 Å². The van der Waals surface area contributed by atoms with Gasteiger partial charge in [0.05, 0.1) is 19.8 Å². The van der Waals surface area contributed by atoms with Crippen LogP contribution in [0.2, 0.25) is 0 Å². The van der Waals surface area contributed by atoms with Gasteiger partial charge in [-0.1, -0.05) is 41.3 Å². The van der Waals surface area contributed by atoms with Crippen molar-refractivity contribution in [2.75, 3.05) is 31.2 Å². The molecule has 0 bridgehead atoms. The number of anilines is 1. The Balaban J connectivity index is 1.86. The van der Waals surface area contributed by atoms with Crippen molar-refractivity contribution in [2.45, 2.75) is 71.1 Å². The molecular weight excluding hydrogens is 420 g/mol. The Kier molecular flexibility index (Phi) is 7.26. The van der Waals surface area contributed by atoms with Crippen LogP contribution in [0.25, 0.3) is 0 Å². The number of rotatable bonds is 4. The third-order valence-electron chi connectivity index (χ3n) is 5.38. The summed E-state index contributed by atoms with van der Waals surface area (Å²) in [4.78, 5) is 17.4. The van der Waals surface area contributed by atoms with Crippen LogP contribution in [0.4, 0.5) is 10.5 Å². The molecule has 0 atom stereocenters. The van der Waals surface area contributed by atoms with Crippen LogP contribution in [-0.4, -0.2) is 48.9 Å². The molecular formula is C22H33BrN2O3. The first-order valence-electron chi connectivity index (χ1n) is 10.4. The monoisotopic (exact) mass is 452 g/mol. The zero-order chi connectivity index (χ0) is 20.1. The van der Waals surface area contributed by atoms with Gasteiger partial charge in [0.2, 0.25) is 0 Å². The molecule has 0 aromatic heterocycles. The van der Waals surface area contributed by atoms with Crippen LogP contribution in [0.15, 0.2) is 22.7 Å². The van der Waals surface area contributed by atoms with E-state index in [1.54, 1.807) is 0 Å². The molecule has 6 heteroatoms. The molecule has 2 fully saturated rings. The predicted octanol–water partition coefficient (Wildman–Crippen LogP) is 5.36. The lowest BCUT2D eigenvalue weighted by atomic mass is 9.94. The number of morpholine rings is 1. The van der Waals surface area contributed by atoms with Gasteiger partial charge in [-0.25, -0.2) is 4.79 Å². The topological polar surface area (TPSA) is 42.0 Å². The molecule has 1 amide bonds. The summed E-state index contributed by atoms with van der Waals surface area (Å²) in [6.07, 6.45) is 5.54. The number of ether oxygens (including phenoxy) is 2. The molecule has 0 N–H and O–H groups in total. The predicted molar refractivity (Wildman–Crippen MR) is 116 cm³/mol. The molecule has 1 aliphatic heterocycles. The fourth-order valence-corrected chi connectivity index (χ4v) is 4.36. The van der Waals surface area contributed by atoms with E-state index in [-0.39, 0.29) is 12.1 Å². The fourth-order valence-electron chi connectivity index (χ4n) is 4.01. The number of hydrogen-bond donors (Lipinski definition) is 0. The molecule has 1 heterocycles. The minimum atomic E-state index is -0.489. The lowest BCUT2D eigenvalue weighted by Crippen LogP contribution is -2.44.